The van der Waals surface area contributed by atoms with Gasteiger partial charge >= 0.3 is 5.97 Å². The zero-order valence-electron chi connectivity index (χ0n) is 14.7. The van der Waals surface area contributed by atoms with Gasteiger partial charge < -0.3 is 10.1 Å². The molecule has 4 nitrogen and oxygen atoms in total. The van der Waals surface area contributed by atoms with Crippen molar-refractivity contribution in [3.63, 3.8) is 0 Å². The van der Waals surface area contributed by atoms with Crippen LogP contribution in [-0.2, 0) is 14.3 Å². The van der Waals surface area contributed by atoms with Gasteiger partial charge in [-0.2, -0.15) is 0 Å². The molecule has 0 fully saturated rings. The van der Waals surface area contributed by atoms with Crippen LogP contribution < -0.4 is 5.32 Å². The fourth-order valence-electron chi connectivity index (χ4n) is 2.37. The van der Waals surface area contributed by atoms with Crippen LogP contribution in [0.2, 0.25) is 0 Å². The number of rotatable bonds is 12. The van der Waals surface area contributed by atoms with Gasteiger partial charge in [0.2, 0.25) is 5.91 Å². The lowest BCUT2D eigenvalue weighted by atomic mass is 10.1. The number of esters is 1. The molecule has 2 unspecified atom stereocenters. The molecule has 1 N–H and O–H groups in total. The predicted molar refractivity (Wildman–Crippen MR) is 90.6 cm³/mol. The third-order valence-corrected chi connectivity index (χ3v) is 3.57. The molecule has 0 bridgehead atoms. The van der Waals surface area contributed by atoms with Gasteiger partial charge in [0.25, 0.3) is 0 Å². The van der Waals surface area contributed by atoms with Crippen molar-refractivity contribution < 1.29 is 14.3 Å². The van der Waals surface area contributed by atoms with Crippen LogP contribution in [-0.4, -0.2) is 24.0 Å². The lowest BCUT2D eigenvalue weighted by molar-refractivity contribution is -0.148. The number of hydrogen-bond acceptors (Lipinski definition) is 3. The first-order chi connectivity index (χ1) is 10.5. The minimum atomic E-state index is -0.313. The third kappa shape index (κ3) is 12.4. The molecule has 0 heterocycles. The van der Waals surface area contributed by atoms with Crippen LogP contribution in [0, 0.1) is 0 Å². The molecular weight excluding hydrogens is 278 g/mol. The standard InChI is InChI=1S/C18H33NO3/c1-5-6-7-8-9-10-11-12-13-14-18(22-17(4)21)15(2)19-16(3)20/h12-13,15,18H,5-11,14H2,1-4H3,(H,19,20). The Kier molecular flexibility index (Phi) is 12.5. The summed E-state index contributed by atoms with van der Waals surface area (Å²) in [6, 6.07) is -0.180. The van der Waals surface area contributed by atoms with E-state index in [2.05, 4.69) is 24.4 Å². The van der Waals surface area contributed by atoms with E-state index >= 15 is 0 Å². The van der Waals surface area contributed by atoms with Gasteiger partial charge in [-0.1, -0.05) is 51.2 Å². The fraction of sp³-hybridized carbons (Fsp3) is 0.778. The van der Waals surface area contributed by atoms with Crippen LogP contribution in [0.15, 0.2) is 12.2 Å². The number of hydrogen-bond donors (Lipinski definition) is 1. The van der Waals surface area contributed by atoms with Gasteiger partial charge in [0, 0.05) is 20.3 Å². The van der Waals surface area contributed by atoms with Crippen molar-refractivity contribution in [2.24, 2.45) is 0 Å². The molecule has 22 heavy (non-hydrogen) atoms. The maximum absolute atomic E-state index is 11.1. The summed E-state index contributed by atoms with van der Waals surface area (Å²) in [4.78, 5) is 22.2. The van der Waals surface area contributed by atoms with Crippen LogP contribution in [0.4, 0.5) is 0 Å². The number of allylic oxidation sites excluding steroid dienone is 1. The SMILES string of the molecule is CCCCCCCCC=CCC(OC(C)=O)C(C)NC(C)=O. The Labute approximate surface area is 135 Å². The van der Waals surface area contributed by atoms with Crippen molar-refractivity contribution in [3.8, 4) is 0 Å². The van der Waals surface area contributed by atoms with Crippen molar-refractivity contribution in [2.45, 2.75) is 91.2 Å². The molecule has 0 aromatic heterocycles. The summed E-state index contributed by atoms with van der Waals surface area (Å²) < 4.78 is 5.28. The normalized spacial score (nSPS) is 13.8. The zero-order chi connectivity index (χ0) is 16.8. The molecule has 128 valence electrons. The molecule has 1 amide bonds. The maximum atomic E-state index is 11.1. The van der Waals surface area contributed by atoms with Gasteiger partial charge in [-0.15, -0.1) is 0 Å². The molecule has 4 heteroatoms. The van der Waals surface area contributed by atoms with E-state index in [1.165, 1.54) is 52.4 Å². The zero-order valence-corrected chi connectivity index (χ0v) is 14.7. The summed E-state index contributed by atoms with van der Waals surface area (Å²) >= 11 is 0. The van der Waals surface area contributed by atoms with Crippen LogP contribution in [0.3, 0.4) is 0 Å². The molecule has 0 aliphatic carbocycles. The fourth-order valence-corrected chi connectivity index (χ4v) is 2.37. The lowest BCUT2D eigenvalue weighted by Gasteiger charge is -2.23. The van der Waals surface area contributed by atoms with Crippen LogP contribution in [0.1, 0.15) is 79.1 Å². The summed E-state index contributed by atoms with van der Waals surface area (Å²) in [6.07, 6.45) is 13.4. The largest absolute Gasteiger partial charge is 0.460 e. The second-order valence-electron chi connectivity index (χ2n) is 5.90. The molecule has 0 aliphatic rings. The van der Waals surface area contributed by atoms with E-state index in [0.29, 0.717) is 6.42 Å². The van der Waals surface area contributed by atoms with Crippen LogP contribution in [0.25, 0.3) is 0 Å². The first-order valence-electron chi connectivity index (χ1n) is 8.56. The first kappa shape index (κ1) is 20.7. The monoisotopic (exact) mass is 311 g/mol. The highest BCUT2D eigenvalue weighted by Crippen LogP contribution is 2.10. The summed E-state index contributed by atoms with van der Waals surface area (Å²) in [7, 11) is 0. The number of nitrogens with one attached hydrogen (secondary N) is 1. The summed E-state index contributed by atoms with van der Waals surface area (Å²) in [5, 5.41) is 2.78. The lowest BCUT2D eigenvalue weighted by Crippen LogP contribution is -2.41. The highest BCUT2D eigenvalue weighted by atomic mass is 16.5. The molecule has 0 aromatic carbocycles. The van der Waals surface area contributed by atoms with Crippen molar-refractivity contribution in [2.75, 3.05) is 0 Å². The van der Waals surface area contributed by atoms with Gasteiger partial charge in [0.05, 0.1) is 6.04 Å². The van der Waals surface area contributed by atoms with Crippen LogP contribution in [0.5, 0.6) is 0 Å². The number of amides is 1. The molecule has 0 saturated carbocycles. The summed E-state index contributed by atoms with van der Waals surface area (Å²) in [6.45, 7) is 6.95. The molecule has 0 aromatic rings. The topological polar surface area (TPSA) is 55.4 Å². The maximum Gasteiger partial charge on any atom is 0.302 e. The van der Waals surface area contributed by atoms with E-state index in [1.807, 2.05) is 6.92 Å². The van der Waals surface area contributed by atoms with E-state index in [4.69, 9.17) is 4.74 Å². The van der Waals surface area contributed by atoms with Crippen molar-refractivity contribution >= 4 is 11.9 Å². The second-order valence-corrected chi connectivity index (χ2v) is 5.90. The minimum Gasteiger partial charge on any atom is -0.460 e. The van der Waals surface area contributed by atoms with Gasteiger partial charge in [-0.25, -0.2) is 0 Å². The molecule has 0 spiro atoms. The highest BCUT2D eigenvalue weighted by Gasteiger charge is 2.19. The van der Waals surface area contributed by atoms with Gasteiger partial charge in [0.15, 0.2) is 0 Å². The Morgan fingerprint density at radius 1 is 1.05 bits per heavy atom. The van der Waals surface area contributed by atoms with E-state index in [-0.39, 0.29) is 24.0 Å². The smallest absolute Gasteiger partial charge is 0.302 e. The van der Waals surface area contributed by atoms with E-state index in [1.54, 1.807) is 0 Å². The van der Waals surface area contributed by atoms with Crippen molar-refractivity contribution in [1.82, 2.24) is 5.32 Å². The molecule has 0 rings (SSSR count). The quantitative estimate of drug-likeness (QED) is 0.335. The van der Waals surface area contributed by atoms with Crippen LogP contribution >= 0.6 is 0 Å². The first-order valence-corrected chi connectivity index (χ1v) is 8.56. The minimum absolute atomic E-state index is 0.110. The van der Waals surface area contributed by atoms with E-state index in [9.17, 15) is 9.59 Å². The summed E-state index contributed by atoms with van der Waals surface area (Å²) in [5.41, 5.74) is 0. The van der Waals surface area contributed by atoms with Crippen molar-refractivity contribution in [1.29, 1.82) is 0 Å². The Hall–Kier alpha value is -1.32. The van der Waals surface area contributed by atoms with Gasteiger partial charge in [0.1, 0.15) is 6.10 Å². The molecule has 0 radical (unpaired) electrons. The molecule has 0 aliphatic heterocycles. The number of carbonyl (C=O) groups is 2. The third-order valence-electron chi connectivity index (χ3n) is 3.57. The average molecular weight is 311 g/mol. The van der Waals surface area contributed by atoms with E-state index < -0.39 is 0 Å². The van der Waals surface area contributed by atoms with Crippen molar-refractivity contribution in [3.05, 3.63) is 12.2 Å². The Morgan fingerprint density at radius 3 is 2.27 bits per heavy atom. The molecular formula is C18H33NO3. The number of ether oxygens (including phenoxy) is 1. The van der Waals surface area contributed by atoms with Gasteiger partial charge in [-0.05, 0) is 19.8 Å². The Bertz CT molecular complexity index is 339. The number of unbranched alkanes of at least 4 members (excludes halogenated alkanes) is 6. The number of carbonyl (C=O) groups excluding carboxylic acids is 2. The Balaban J connectivity index is 3.98. The Morgan fingerprint density at radius 2 is 1.68 bits per heavy atom. The van der Waals surface area contributed by atoms with E-state index in [0.717, 1.165) is 6.42 Å². The van der Waals surface area contributed by atoms with Gasteiger partial charge in [-0.3, -0.25) is 9.59 Å². The summed E-state index contributed by atoms with van der Waals surface area (Å²) in [5.74, 6) is -0.424. The molecule has 0 saturated heterocycles. The second kappa shape index (κ2) is 13.4. The predicted octanol–water partition coefficient (Wildman–Crippen LogP) is 4.14. The molecule has 2 atom stereocenters. The highest BCUT2D eigenvalue weighted by molar-refractivity contribution is 5.73. The average Bonchev–Trinajstić information content (AvgIpc) is 2.43.